The summed E-state index contributed by atoms with van der Waals surface area (Å²) in [6.07, 6.45) is 0.803. The molecule has 0 heterocycles. The van der Waals surface area contributed by atoms with Crippen LogP contribution < -0.4 is 0 Å². The van der Waals surface area contributed by atoms with Crippen molar-refractivity contribution < 1.29 is 38.1 Å². The van der Waals surface area contributed by atoms with Gasteiger partial charge < -0.3 is 18.9 Å². The van der Waals surface area contributed by atoms with E-state index in [1.165, 1.54) is 0 Å². The smallest absolute Gasteiger partial charge is 0.346 e. The van der Waals surface area contributed by atoms with Crippen molar-refractivity contribution in [1.82, 2.24) is 0 Å². The van der Waals surface area contributed by atoms with Crippen molar-refractivity contribution in [3.63, 3.8) is 0 Å². The van der Waals surface area contributed by atoms with Gasteiger partial charge in [0.25, 0.3) is 0 Å². The fraction of sp³-hybridized carbons (Fsp3) is 0.333. The van der Waals surface area contributed by atoms with Crippen LogP contribution in [0.2, 0.25) is 0 Å². The summed E-state index contributed by atoms with van der Waals surface area (Å²) >= 11 is 4.33. The predicted molar refractivity (Wildman–Crippen MR) is 79.8 cm³/mol. The van der Waals surface area contributed by atoms with Gasteiger partial charge in [0.15, 0.2) is 0 Å². The van der Waals surface area contributed by atoms with Crippen LogP contribution in [-0.4, -0.2) is 52.3 Å². The Bertz CT molecular complexity index is 535. The van der Waals surface area contributed by atoms with Gasteiger partial charge in [-0.1, -0.05) is 11.8 Å². The summed E-state index contributed by atoms with van der Waals surface area (Å²) in [5, 5.41) is 0. The summed E-state index contributed by atoms with van der Waals surface area (Å²) in [6.45, 7) is 0. The molecule has 0 fully saturated rings. The zero-order chi connectivity index (χ0) is 17.3. The number of carbonyl (C=O) groups is 4. The number of ether oxygens (including phenoxy) is 4. The highest BCUT2D eigenvalue weighted by Gasteiger charge is 2.25. The van der Waals surface area contributed by atoms with Crippen LogP contribution >= 0.6 is 24.4 Å². The van der Waals surface area contributed by atoms with Crippen LogP contribution in [0.15, 0.2) is 20.8 Å². The maximum Gasteiger partial charge on any atom is 0.346 e. The lowest BCUT2D eigenvalue weighted by molar-refractivity contribution is -0.138. The van der Waals surface area contributed by atoms with Gasteiger partial charge in [0, 0.05) is 6.08 Å². The molecule has 0 saturated carbocycles. The molecule has 0 aliphatic carbocycles. The van der Waals surface area contributed by atoms with Crippen molar-refractivity contribution in [2.75, 3.05) is 28.4 Å². The van der Waals surface area contributed by atoms with E-state index in [2.05, 4.69) is 31.6 Å². The molecule has 0 bridgehead atoms. The van der Waals surface area contributed by atoms with Crippen LogP contribution in [0.4, 0.5) is 0 Å². The van der Waals surface area contributed by atoms with Gasteiger partial charge in [0.05, 0.1) is 28.4 Å². The average molecular weight is 350 g/mol. The second-order valence-electron chi connectivity index (χ2n) is 3.29. The molecule has 0 unspecified atom stereocenters. The van der Waals surface area contributed by atoms with E-state index in [1.54, 1.807) is 0 Å². The Morgan fingerprint density at radius 3 is 1.73 bits per heavy atom. The molecule has 22 heavy (non-hydrogen) atoms. The molecule has 0 atom stereocenters. The van der Waals surface area contributed by atoms with Crippen LogP contribution in [-0.2, 0) is 38.1 Å². The summed E-state index contributed by atoms with van der Waals surface area (Å²) in [4.78, 5) is 45.0. The highest BCUT2D eigenvalue weighted by Crippen LogP contribution is 2.31. The van der Waals surface area contributed by atoms with Crippen molar-refractivity contribution in [3.8, 4) is 0 Å². The molecular weight excluding hydrogens is 336 g/mol. The van der Waals surface area contributed by atoms with Crippen molar-refractivity contribution in [2.24, 2.45) is 0 Å². The maximum absolute atomic E-state index is 11.7. The number of methoxy groups -OCH3 is 4. The normalized spacial score (nSPS) is 12.0. The number of hydrogen-bond acceptors (Lipinski definition) is 10. The Labute approximate surface area is 136 Å². The van der Waals surface area contributed by atoms with E-state index >= 15 is 0 Å². The van der Waals surface area contributed by atoms with E-state index in [4.69, 9.17) is 0 Å². The Morgan fingerprint density at radius 2 is 1.32 bits per heavy atom. The first-order valence-electron chi connectivity index (χ1n) is 5.48. The number of thioether (sulfide) groups is 1. The molecule has 0 aromatic carbocycles. The topological polar surface area (TPSA) is 105 Å². The van der Waals surface area contributed by atoms with E-state index in [0.717, 1.165) is 34.5 Å². The zero-order valence-electron chi connectivity index (χ0n) is 12.2. The minimum atomic E-state index is -0.944. The molecule has 0 saturated heterocycles. The fourth-order valence-corrected chi connectivity index (χ4v) is 2.18. The second kappa shape index (κ2) is 9.90. The first-order chi connectivity index (χ1) is 10.3. The van der Waals surface area contributed by atoms with Crippen LogP contribution in [0, 0.1) is 0 Å². The minimum Gasteiger partial charge on any atom is -0.466 e. The van der Waals surface area contributed by atoms with Gasteiger partial charge in [-0.25, -0.2) is 19.2 Å². The van der Waals surface area contributed by atoms with E-state index in [9.17, 15) is 19.2 Å². The molecule has 0 aliphatic rings. The fourth-order valence-electron chi connectivity index (χ4n) is 0.975. The van der Waals surface area contributed by atoms with Gasteiger partial charge >= 0.3 is 23.9 Å². The average Bonchev–Trinajstić information content (AvgIpc) is 2.55. The third-order valence-corrected chi connectivity index (χ3v) is 3.65. The van der Waals surface area contributed by atoms with E-state index < -0.39 is 23.9 Å². The van der Waals surface area contributed by atoms with Crippen LogP contribution in [0.3, 0.4) is 0 Å². The summed E-state index contributed by atoms with van der Waals surface area (Å²) in [7, 11) is 4.35. The summed E-state index contributed by atoms with van der Waals surface area (Å²) < 4.78 is 17.8. The number of hydrogen-bond donors (Lipinski definition) is 1. The molecular formula is C12H14O8S2. The lowest BCUT2D eigenvalue weighted by Gasteiger charge is -2.09. The second-order valence-corrected chi connectivity index (χ2v) is 4.79. The molecule has 0 aromatic rings. The standard InChI is InChI=1S/C12H14O8S2/c1-17-7(13)5-6(10(14)18-2)22-9(12(16)20-4)8(21)11(15)19-3/h5,21H,1-4H3/b6-5+,9-8-. The molecule has 10 heteroatoms. The van der Waals surface area contributed by atoms with Crippen LogP contribution in [0.5, 0.6) is 0 Å². The third-order valence-electron chi connectivity index (χ3n) is 2.01. The molecule has 0 aromatic heterocycles. The van der Waals surface area contributed by atoms with Gasteiger partial charge in [-0.15, -0.1) is 12.6 Å². The van der Waals surface area contributed by atoms with Gasteiger partial charge in [0.2, 0.25) is 0 Å². The largest absolute Gasteiger partial charge is 0.466 e. The Balaban J connectivity index is 5.82. The molecule has 0 N–H and O–H groups in total. The van der Waals surface area contributed by atoms with Gasteiger partial charge in [-0.05, 0) is 0 Å². The first-order valence-corrected chi connectivity index (χ1v) is 6.74. The number of thiol groups is 1. The number of carbonyl (C=O) groups excluding carboxylic acids is 4. The monoisotopic (exact) mass is 350 g/mol. The minimum absolute atomic E-state index is 0.301. The van der Waals surface area contributed by atoms with Crippen molar-refractivity contribution in [1.29, 1.82) is 0 Å². The molecule has 122 valence electrons. The lowest BCUT2D eigenvalue weighted by atomic mass is 10.5. The highest BCUT2D eigenvalue weighted by molar-refractivity contribution is 8.09. The first kappa shape index (κ1) is 20.1. The van der Waals surface area contributed by atoms with Crippen LogP contribution in [0.25, 0.3) is 0 Å². The molecule has 0 aliphatic heterocycles. The third kappa shape index (κ3) is 5.82. The molecule has 0 spiro atoms. The van der Waals surface area contributed by atoms with Crippen molar-refractivity contribution in [2.45, 2.75) is 0 Å². The summed E-state index contributed by atoms with van der Waals surface area (Å²) in [5.41, 5.74) is 0. The molecule has 0 radical (unpaired) electrons. The van der Waals surface area contributed by atoms with Crippen LogP contribution in [0.1, 0.15) is 0 Å². The Hall–Kier alpha value is -1.94. The van der Waals surface area contributed by atoms with Gasteiger partial charge in [-0.2, -0.15) is 0 Å². The lowest BCUT2D eigenvalue weighted by Crippen LogP contribution is -2.13. The Morgan fingerprint density at radius 1 is 0.818 bits per heavy atom. The molecule has 8 nitrogen and oxygen atoms in total. The molecule has 0 amide bonds. The maximum atomic E-state index is 11.7. The van der Waals surface area contributed by atoms with E-state index in [-0.39, 0.29) is 14.7 Å². The molecule has 0 rings (SSSR count). The zero-order valence-corrected chi connectivity index (χ0v) is 13.9. The van der Waals surface area contributed by atoms with Crippen molar-refractivity contribution >= 4 is 48.3 Å². The summed E-state index contributed by atoms with van der Waals surface area (Å²) in [5.74, 6) is -3.63. The predicted octanol–water partition coefficient (Wildman–Crippen LogP) is 0.437. The van der Waals surface area contributed by atoms with E-state index in [0.29, 0.717) is 11.8 Å². The van der Waals surface area contributed by atoms with Gasteiger partial charge in [-0.3, -0.25) is 0 Å². The SMILES string of the molecule is COC(=O)/C=C(/S/C(C(=O)OC)=C(\S)C(=O)OC)C(=O)OC. The number of rotatable bonds is 6. The van der Waals surface area contributed by atoms with E-state index in [1.807, 2.05) is 0 Å². The highest BCUT2D eigenvalue weighted by atomic mass is 32.2. The Kier molecular flexibility index (Phi) is 9.03. The number of esters is 4. The van der Waals surface area contributed by atoms with Gasteiger partial charge in [0.1, 0.15) is 14.7 Å². The van der Waals surface area contributed by atoms with Crippen molar-refractivity contribution in [3.05, 3.63) is 20.8 Å². The quantitative estimate of drug-likeness (QED) is 0.316. The summed E-state index contributed by atoms with van der Waals surface area (Å²) in [6, 6.07) is 0.